The van der Waals surface area contributed by atoms with E-state index in [1.54, 1.807) is 11.1 Å². The second-order valence-electron chi connectivity index (χ2n) is 7.07. The number of benzene rings is 1. The van der Waals surface area contributed by atoms with Crippen molar-refractivity contribution >= 4 is 22.8 Å². The third kappa shape index (κ3) is 2.65. The molecule has 2 saturated heterocycles. The molecule has 1 amide bonds. The second kappa shape index (κ2) is 6.37. The highest BCUT2D eigenvalue weighted by Crippen LogP contribution is 2.28. The Labute approximate surface area is 150 Å². The molecule has 0 saturated carbocycles. The first kappa shape index (κ1) is 17.0. The van der Waals surface area contributed by atoms with Gasteiger partial charge < -0.3 is 14.7 Å². The lowest BCUT2D eigenvalue weighted by molar-refractivity contribution is -0.152. The summed E-state index contributed by atoms with van der Waals surface area (Å²) in [6.07, 6.45) is 2.21. The molecule has 1 aromatic carbocycles. The van der Waals surface area contributed by atoms with E-state index in [0.717, 1.165) is 16.5 Å². The van der Waals surface area contributed by atoms with Crippen molar-refractivity contribution in [2.75, 3.05) is 39.4 Å². The minimum atomic E-state index is -0.949. The predicted octanol–water partition coefficient (Wildman–Crippen LogP) is 0.873. The number of nitrogens with zero attached hydrogens (tertiary/aromatic N) is 3. The SMILES string of the molecule is Cc1cc(C(=O)N2CCN(C3(C(=O)O)CCOC3)CC2)c2[nH]ncc2c1. The van der Waals surface area contributed by atoms with Crippen LogP contribution in [0.5, 0.6) is 0 Å². The number of nitrogens with one attached hydrogen (secondary N) is 1. The lowest BCUT2D eigenvalue weighted by Gasteiger charge is -2.42. The average molecular weight is 358 g/mol. The van der Waals surface area contributed by atoms with E-state index in [-0.39, 0.29) is 12.5 Å². The summed E-state index contributed by atoms with van der Waals surface area (Å²) in [4.78, 5) is 28.6. The van der Waals surface area contributed by atoms with Gasteiger partial charge in [0.25, 0.3) is 5.91 Å². The van der Waals surface area contributed by atoms with Crippen molar-refractivity contribution in [3.8, 4) is 0 Å². The van der Waals surface area contributed by atoms with E-state index < -0.39 is 11.5 Å². The van der Waals surface area contributed by atoms with Crippen LogP contribution in [0.4, 0.5) is 0 Å². The first-order valence-corrected chi connectivity index (χ1v) is 8.80. The number of hydrogen-bond acceptors (Lipinski definition) is 5. The molecule has 2 N–H and O–H groups in total. The monoisotopic (exact) mass is 358 g/mol. The van der Waals surface area contributed by atoms with Crippen molar-refractivity contribution in [3.05, 3.63) is 29.5 Å². The van der Waals surface area contributed by atoms with Gasteiger partial charge in [-0.15, -0.1) is 0 Å². The molecule has 0 bridgehead atoms. The summed E-state index contributed by atoms with van der Waals surface area (Å²) in [7, 11) is 0. The zero-order valence-electron chi connectivity index (χ0n) is 14.7. The number of piperazine rings is 1. The maximum absolute atomic E-state index is 13.0. The number of aromatic nitrogens is 2. The van der Waals surface area contributed by atoms with Gasteiger partial charge in [0.05, 0.1) is 23.9 Å². The fraction of sp³-hybridized carbons (Fsp3) is 0.500. The number of amides is 1. The Balaban J connectivity index is 1.52. The number of carboxylic acid groups (broad SMARTS) is 1. The third-order valence-electron chi connectivity index (χ3n) is 5.49. The third-order valence-corrected chi connectivity index (χ3v) is 5.49. The van der Waals surface area contributed by atoms with Crippen LogP contribution in [-0.2, 0) is 9.53 Å². The molecule has 1 aromatic heterocycles. The van der Waals surface area contributed by atoms with Gasteiger partial charge in [-0.1, -0.05) is 0 Å². The Morgan fingerprint density at radius 1 is 1.27 bits per heavy atom. The minimum Gasteiger partial charge on any atom is -0.480 e. The van der Waals surface area contributed by atoms with Gasteiger partial charge in [0.15, 0.2) is 0 Å². The molecule has 0 radical (unpaired) electrons. The van der Waals surface area contributed by atoms with Crippen LogP contribution in [0.2, 0.25) is 0 Å². The average Bonchev–Trinajstić information content (AvgIpc) is 3.30. The summed E-state index contributed by atoms with van der Waals surface area (Å²) in [5, 5.41) is 17.5. The number of carbonyl (C=O) groups is 2. The highest BCUT2D eigenvalue weighted by Gasteiger charge is 2.48. The van der Waals surface area contributed by atoms with E-state index in [1.165, 1.54) is 0 Å². The first-order valence-electron chi connectivity index (χ1n) is 8.80. The van der Waals surface area contributed by atoms with Gasteiger partial charge in [0.1, 0.15) is 5.54 Å². The first-order chi connectivity index (χ1) is 12.5. The molecule has 2 aliphatic heterocycles. The fourth-order valence-corrected chi connectivity index (χ4v) is 3.99. The van der Waals surface area contributed by atoms with Gasteiger partial charge in [-0.2, -0.15) is 5.10 Å². The van der Waals surface area contributed by atoms with Crippen LogP contribution < -0.4 is 0 Å². The van der Waals surface area contributed by atoms with Crippen LogP contribution in [0.3, 0.4) is 0 Å². The molecule has 138 valence electrons. The van der Waals surface area contributed by atoms with E-state index in [0.29, 0.717) is 44.8 Å². The summed E-state index contributed by atoms with van der Waals surface area (Å²) in [5.41, 5.74) is 1.42. The van der Waals surface area contributed by atoms with E-state index in [4.69, 9.17) is 4.74 Å². The minimum absolute atomic E-state index is 0.0466. The van der Waals surface area contributed by atoms with Gasteiger partial charge in [0.2, 0.25) is 0 Å². The van der Waals surface area contributed by atoms with Gasteiger partial charge in [0, 0.05) is 44.6 Å². The molecular formula is C18H22N4O4. The number of aliphatic carboxylic acids is 1. The molecule has 3 heterocycles. The predicted molar refractivity (Wildman–Crippen MR) is 94.1 cm³/mol. The zero-order valence-corrected chi connectivity index (χ0v) is 14.7. The van der Waals surface area contributed by atoms with Crippen molar-refractivity contribution in [3.63, 3.8) is 0 Å². The second-order valence-corrected chi connectivity index (χ2v) is 7.07. The van der Waals surface area contributed by atoms with E-state index in [1.807, 2.05) is 24.0 Å². The summed E-state index contributed by atoms with van der Waals surface area (Å²) >= 11 is 0. The van der Waals surface area contributed by atoms with Crippen LogP contribution in [0.25, 0.3) is 10.9 Å². The largest absolute Gasteiger partial charge is 0.480 e. The maximum Gasteiger partial charge on any atom is 0.326 e. The van der Waals surface area contributed by atoms with Crippen molar-refractivity contribution < 1.29 is 19.4 Å². The molecular weight excluding hydrogens is 336 g/mol. The maximum atomic E-state index is 13.0. The Bertz CT molecular complexity index is 848. The number of ether oxygens (including phenoxy) is 1. The van der Waals surface area contributed by atoms with E-state index in [9.17, 15) is 14.7 Å². The summed E-state index contributed by atoms with van der Waals surface area (Å²) in [6.45, 7) is 4.68. The summed E-state index contributed by atoms with van der Waals surface area (Å²) < 4.78 is 5.36. The molecule has 8 heteroatoms. The van der Waals surface area contributed by atoms with Crippen LogP contribution in [-0.4, -0.2) is 81.9 Å². The Morgan fingerprint density at radius 2 is 2.04 bits per heavy atom. The Hall–Kier alpha value is -2.45. The molecule has 0 aliphatic carbocycles. The zero-order chi connectivity index (χ0) is 18.3. The normalized spacial score (nSPS) is 24.3. The molecule has 2 aromatic rings. The highest BCUT2D eigenvalue weighted by atomic mass is 16.5. The molecule has 2 fully saturated rings. The molecule has 4 rings (SSSR count). The van der Waals surface area contributed by atoms with Crippen molar-refractivity contribution in [2.45, 2.75) is 18.9 Å². The van der Waals surface area contributed by atoms with Crippen LogP contribution >= 0.6 is 0 Å². The molecule has 2 aliphatic rings. The Kier molecular flexibility index (Phi) is 4.16. The van der Waals surface area contributed by atoms with Gasteiger partial charge in [-0.3, -0.25) is 19.6 Å². The molecule has 26 heavy (non-hydrogen) atoms. The number of aryl methyl sites for hydroxylation is 1. The molecule has 1 unspecified atom stereocenters. The quantitative estimate of drug-likeness (QED) is 0.845. The number of hydrogen-bond donors (Lipinski definition) is 2. The number of carbonyl (C=O) groups excluding carboxylic acids is 1. The molecule has 8 nitrogen and oxygen atoms in total. The van der Waals surface area contributed by atoms with E-state index in [2.05, 4.69) is 10.2 Å². The number of fused-ring (bicyclic) bond motifs is 1. The van der Waals surface area contributed by atoms with Gasteiger partial charge in [-0.05, 0) is 24.6 Å². The van der Waals surface area contributed by atoms with Crippen molar-refractivity contribution in [2.24, 2.45) is 0 Å². The highest BCUT2D eigenvalue weighted by molar-refractivity contribution is 6.05. The number of carboxylic acids is 1. The lowest BCUT2D eigenvalue weighted by atomic mass is 9.95. The van der Waals surface area contributed by atoms with Crippen molar-refractivity contribution in [1.29, 1.82) is 0 Å². The summed E-state index contributed by atoms with van der Waals surface area (Å²) in [5.74, 6) is -0.887. The smallest absolute Gasteiger partial charge is 0.326 e. The van der Waals surface area contributed by atoms with Gasteiger partial charge in [-0.25, -0.2) is 0 Å². The number of rotatable bonds is 3. The van der Waals surface area contributed by atoms with Gasteiger partial charge >= 0.3 is 5.97 Å². The van der Waals surface area contributed by atoms with E-state index >= 15 is 0 Å². The standard InChI is InChI=1S/C18H22N4O4/c1-12-8-13-10-19-20-15(13)14(9-12)16(23)21-3-5-22(6-4-21)18(17(24)25)2-7-26-11-18/h8-10H,2-7,11H2,1H3,(H,19,20)(H,24,25). The summed E-state index contributed by atoms with van der Waals surface area (Å²) in [6, 6.07) is 3.86. The Morgan fingerprint density at radius 3 is 2.69 bits per heavy atom. The molecule has 1 atom stereocenters. The molecule has 0 spiro atoms. The van der Waals surface area contributed by atoms with Crippen LogP contribution in [0, 0.1) is 6.92 Å². The topological polar surface area (TPSA) is 98.8 Å². The van der Waals surface area contributed by atoms with Crippen LogP contribution in [0.1, 0.15) is 22.3 Å². The fourth-order valence-electron chi connectivity index (χ4n) is 3.99. The number of H-pyrrole nitrogens is 1. The van der Waals surface area contributed by atoms with Crippen molar-refractivity contribution in [1.82, 2.24) is 20.0 Å². The lowest BCUT2D eigenvalue weighted by Crippen LogP contribution is -2.61. The van der Waals surface area contributed by atoms with Crippen LogP contribution in [0.15, 0.2) is 18.3 Å². The number of aromatic amines is 1.